The minimum Gasteiger partial charge on any atom is -0.412 e. The Hall–Kier alpha value is 3.56. The molecule has 0 radical (unpaired) electrons. The molecule has 2 N–H and O–H groups in total. The van der Waals surface area contributed by atoms with Gasteiger partial charge in [-0.15, -0.1) is 0 Å². The second-order valence-electron chi connectivity index (χ2n) is 7.09. The summed E-state index contributed by atoms with van der Waals surface area (Å²) in [4.78, 5) is 0. The van der Waals surface area contributed by atoms with Crippen molar-refractivity contribution in [1.29, 1.82) is 0 Å². The van der Waals surface area contributed by atoms with Crippen LogP contribution in [0.15, 0.2) is 99.0 Å². The summed E-state index contributed by atoms with van der Waals surface area (Å²) in [5.41, 5.74) is 4.30. The lowest BCUT2D eigenvalue weighted by molar-refractivity contribution is 0.824. The van der Waals surface area contributed by atoms with E-state index in [4.69, 9.17) is 0 Å². The van der Waals surface area contributed by atoms with E-state index < -0.39 is 0 Å². The molecule has 39 heavy (non-hydrogen) atoms. The van der Waals surface area contributed by atoms with E-state index >= 15 is 0 Å². The van der Waals surface area contributed by atoms with Gasteiger partial charge in [0.05, 0.1) is 0 Å². The zero-order chi connectivity index (χ0) is 28.6. The van der Waals surface area contributed by atoms with Crippen molar-refractivity contribution >= 4 is 223 Å². The van der Waals surface area contributed by atoms with Gasteiger partial charge < -0.3 is 5.48 Å². The lowest BCUT2D eigenvalue weighted by Crippen LogP contribution is -1.89. The molecule has 0 atom stereocenters. The predicted octanol–water partition coefficient (Wildman–Crippen LogP) is 16.6. The molecule has 0 aliphatic carbocycles. The van der Waals surface area contributed by atoms with Crippen LogP contribution in [0.5, 0.6) is 0 Å². The smallest absolute Gasteiger partial charge is 0.0482 e. The summed E-state index contributed by atoms with van der Waals surface area (Å²) in [6.07, 6.45) is 0. The Labute approximate surface area is 343 Å². The van der Waals surface area contributed by atoms with E-state index in [1.54, 1.807) is 0 Å². The van der Waals surface area contributed by atoms with Gasteiger partial charge in [0.1, 0.15) is 0 Å². The van der Waals surface area contributed by atoms with E-state index in [1.165, 1.54) is 0 Å². The Kier molecular flexibility index (Phi) is 16.8. The number of hydrogen-bond donors (Lipinski definition) is 0. The Bertz CT molecular complexity index is 1390. The molecule has 1 nitrogen and oxygen atoms in total. The van der Waals surface area contributed by atoms with Crippen LogP contribution in [0.2, 0.25) is 0 Å². The van der Waals surface area contributed by atoms with Crippen LogP contribution in [0.25, 0.3) is 22.3 Å². The first-order chi connectivity index (χ1) is 17.7. The van der Waals surface area contributed by atoms with E-state index in [2.05, 4.69) is 235 Å². The molecule has 0 bridgehead atoms. The fourth-order valence-electron chi connectivity index (χ4n) is 3.08. The summed E-state index contributed by atoms with van der Waals surface area (Å²) in [5, 5.41) is 0. The van der Waals surface area contributed by atoms with Crippen molar-refractivity contribution < 1.29 is 5.48 Å². The molecular formula is C24H8Br14O. The van der Waals surface area contributed by atoms with Gasteiger partial charge in [-0.05, 0) is 246 Å². The zero-order valence-corrected chi connectivity index (χ0v) is 40.5. The van der Waals surface area contributed by atoms with Gasteiger partial charge in [-0.1, -0.05) is 24.3 Å². The quantitative estimate of drug-likeness (QED) is 0.142. The van der Waals surface area contributed by atoms with E-state index in [-0.39, 0.29) is 5.48 Å². The molecule has 0 saturated heterocycles. The van der Waals surface area contributed by atoms with Gasteiger partial charge in [-0.25, -0.2) is 0 Å². The van der Waals surface area contributed by atoms with Crippen molar-refractivity contribution in [1.82, 2.24) is 0 Å². The highest BCUT2D eigenvalue weighted by atomic mass is 79.9. The van der Waals surface area contributed by atoms with Crippen LogP contribution in [-0.4, -0.2) is 5.48 Å². The van der Waals surface area contributed by atoms with Gasteiger partial charge in [0.15, 0.2) is 0 Å². The van der Waals surface area contributed by atoms with Gasteiger partial charge in [0, 0.05) is 73.7 Å². The SMILES string of the molecule is Brc1cccc(-c2c(Br)c(Br)c(Br)c(Br)c2Br)c1Br.Brc1cccc(-c2c(Br)c(Br)c(Br)c(Br)c2Br)c1Br.O. The van der Waals surface area contributed by atoms with Crippen molar-refractivity contribution in [2.45, 2.75) is 0 Å². The average Bonchev–Trinajstić information content (AvgIpc) is 2.89. The van der Waals surface area contributed by atoms with Crippen molar-refractivity contribution in [3.63, 3.8) is 0 Å². The van der Waals surface area contributed by atoms with Gasteiger partial charge in [0.25, 0.3) is 0 Å². The Morgan fingerprint density at radius 3 is 0.769 bits per heavy atom. The molecule has 0 spiro atoms. The lowest BCUT2D eigenvalue weighted by atomic mass is 10.1. The maximum Gasteiger partial charge on any atom is 0.0482 e. The normalized spacial score (nSPS) is 10.6. The fourth-order valence-corrected chi connectivity index (χ4v) is 11.7. The highest BCUT2D eigenvalue weighted by Gasteiger charge is 2.22. The number of hydrogen-bond acceptors (Lipinski definition) is 0. The van der Waals surface area contributed by atoms with Crippen molar-refractivity contribution in [3.8, 4) is 22.3 Å². The maximum atomic E-state index is 3.65. The minimum atomic E-state index is 0. The topological polar surface area (TPSA) is 31.5 Å². The van der Waals surface area contributed by atoms with Crippen LogP contribution in [0.1, 0.15) is 0 Å². The van der Waals surface area contributed by atoms with Gasteiger partial charge in [-0.3, -0.25) is 0 Å². The average molecular weight is 1430 g/mol. The second-order valence-corrected chi connectivity index (χ2v) is 18.3. The van der Waals surface area contributed by atoms with Crippen molar-refractivity contribution in [2.24, 2.45) is 0 Å². The first-order valence-electron chi connectivity index (χ1n) is 9.63. The number of rotatable bonds is 2. The standard InChI is InChI=1S/2C12H3Br7.H2O/c2*13-5-3-1-2-4(7(5)14)6-8(15)10(17)12(19)11(18)9(6)16;/h2*1-3H;1H2. The van der Waals surface area contributed by atoms with Crippen LogP contribution in [0, 0.1) is 0 Å². The molecule has 4 aromatic rings. The highest BCUT2D eigenvalue weighted by Crippen LogP contribution is 2.52. The zero-order valence-electron chi connectivity index (χ0n) is 18.3. The van der Waals surface area contributed by atoms with Crippen molar-refractivity contribution in [3.05, 3.63) is 99.0 Å². The molecule has 15 heteroatoms. The second kappa shape index (κ2) is 16.9. The van der Waals surface area contributed by atoms with Crippen LogP contribution >= 0.6 is 223 Å². The van der Waals surface area contributed by atoms with Crippen LogP contribution < -0.4 is 0 Å². The molecule has 0 aromatic heterocycles. The van der Waals surface area contributed by atoms with Crippen molar-refractivity contribution in [2.75, 3.05) is 0 Å². The van der Waals surface area contributed by atoms with Crippen LogP contribution in [-0.2, 0) is 0 Å². The molecule has 0 saturated carbocycles. The molecule has 208 valence electrons. The third-order valence-electron chi connectivity index (χ3n) is 4.86. The number of halogens is 14. The van der Waals surface area contributed by atoms with E-state index in [0.29, 0.717) is 0 Å². The van der Waals surface area contributed by atoms with Crippen LogP contribution in [0.4, 0.5) is 0 Å². The Morgan fingerprint density at radius 2 is 0.513 bits per heavy atom. The molecular weight excluding hydrogens is 1420 g/mol. The fraction of sp³-hybridized carbons (Fsp3) is 0. The Morgan fingerprint density at radius 1 is 0.282 bits per heavy atom. The predicted molar refractivity (Wildman–Crippen MR) is 215 cm³/mol. The minimum absolute atomic E-state index is 0. The molecule has 0 heterocycles. The molecule has 0 fully saturated rings. The largest absolute Gasteiger partial charge is 0.412 e. The van der Waals surface area contributed by atoms with Crippen LogP contribution in [0.3, 0.4) is 0 Å². The molecule has 0 aliphatic heterocycles. The summed E-state index contributed by atoms with van der Waals surface area (Å²) in [7, 11) is 0. The first kappa shape index (κ1) is 38.7. The molecule has 0 aliphatic rings. The third-order valence-corrected chi connectivity index (χ3v) is 21.1. The number of benzene rings is 4. The molecule has 0 unspecified atom stereocenters. The van der Waals surface area contributed by atoms with E-state index in [0.717, 1.165) is 84.9 Å². The summed E-state index contributed by atoms with van der Waals surface area (Å²) >= 11 is 50.3. The highest BCUT2D eigenvalue weighted by molar-refractivity contribution is 9.16. The van der Waals surface area contributed by atoms with Gasteiger partial charge in [-0.2, -0.15) is 0 Å². The summed E-state index contributed by atoms with van der Waals surface area (Å²) in [5.74, 6) is 0. The molecule has 4 rings (SSSR count). The molecule has 4 aromatic carbocycles. The lowest BCUT2D eigenvalue weighted by Gasteiger charge is -2.15. The van der Waals surface area contributed by atoms with E-state index in [1.807, 2.05) is 24.3 Å². The third kappa shape index (κ3) is 8.48. The Balaban J connectivity index is 0.000000267. The van der Waals surface area contributed by atoms with E-state index in [9.17, 15) is 0 Å². The summed E-state index contributed by atoms with van der Waals surface area (Å²) in [6.45, 7) is 0. The van der Waals surface area contributed by atoms with Gasteiger partial charge >= 0.3 is 0 Å². The monoisotopic (exact) mass is 1420 g/mol. The first-order valence-corrected chi connectivity index (χ1v) is 20.7. The maximum absolute atomic E-state index is 3.65. The van der Waals surface area contributed by atoms with Gasteiger partial charge in [0.2, 0.25) is 0 Å². The molecule has 0 amide bonds. The summed E-state index contributed by atoms with van der Waals surface area (Å²) in [6, 6.07) is 12.1. The summed E-state index contributed by atoms with van der Waals surface area (Å²) < 4.78 is 13.7.